The number of esters is 1. The number of nitrogens with zero attached hydrogens (tertiary/aromatic N) is 1. The minimum atomic E-state index is -4.52. The van der Waals surface area contributed by atoms with Crippen LogP contribution in [0.5, 0.6) is 11.5 Å². The van der Waals surface area contributed by atoms with Crippen LogP contribution in [0.2, 0.25) is 0 Å². The van der Waals surface area contributed by atoms with Crippen molar-refractivity contribution in [1.82, 2.24) is 4.90 Å². The Morgan fingerprint density at radius 2 is 1.77 bits per heavy atom. The lowest BCUT2D eigenvalue weighted by atomic mass is 10.1. The van der Waals surface area contributed by atoms with Gasteiger partial charge in [0.25, 0.3) is 0 Å². The lowest BCUT2D eigenvalue weighted by Gasteiger charge is -2.33. The van der Waals surface area contributed by atoms with Crippen LogP contribution in [0.3, 0.4) is 0 Å². The topological polar surface area (TPSA) is 74.3 Å². The molecule has 0 saturated carbocycles. The Kier molecular flexibility index (Phi) is 8.02. The second kappa shape index (κ2) is 10.1. The molecule has 0 spiro atoms. The van der Waals surface area contributed by atoms with Crippen molar-refractivity contribution in [1.29, 1.82) is 0 Å². The van der Waals surface area contributed by atoms with Gasteiger partial charge in [0.05, 0.1) is 13.5 Å². The Balaban J connectivity index is 2.01. The van der Waals surface area contributed by atoms with Gasteiger partial charge in [-0.15, -0.1) is 0 Å². The maximum absolute atomic E-state index is 12.6. The first-order valence-electron chi connectivity index (χ1n) is 9.90. The molecule has 0 N–H and O–H groups in total. The summed E-state index contributed by atoms with van der Waals surface area (Å²) >= 11 is 0. The zero-order valence-corrected chi connectivity index (χ0v) is 18.1. The molecule has 0 aromatic heterocycles. The zero-order valence-electron chi connectivity index (χ0n) is 18.1. The fourth-order valence-electron chi connectivity index (χ4n) is 2.95. The van der Waals surface area contributed by atoms with Crippen molar-refractivity contribution in [3.63, 3.8) is 0 Å². The van der Waals surface area contributed by atoms with Gasteiger partial charge in [0.2, 0.25) is 0 Å². The standard InChI is InChI=1S/C21H28F3NO6/c1-20(2,3)31-19(27)25-9-7-15(8-10-25)30-16-6-5-14(11-18(26)28-4)17(12-16)29-13-21(22,23)24/h5-6,12,15H,7-11,13H2,1-4H3. The van der Waals surface area contributed by atoms with Gasteiger partial charge in [0.15, 0.2) is 6.61 Å². The average Bonchev–Trinajstić information content (AvgIpc) is 2.66. The third kappa shape index (κ3) is 8.55. The van der Waals surface area contributed by atoms with E-state index >= 15 is 0 Å². The minimum Gasteiger partial charge on any atom is -0.490 e. The van der Waals surface area contributed by atoms with Crippen molar-refractivity contribution in [3.8, 4) is 11.5 Å². The first-order valence-corrected chi connectivity index (χ1v) is 9.90. The Labute approximate surface area is 179 Å². The number of hydrogen-bond donors (Lipinski definition) is 0. The lowest BCUT2D eigenvalue weighted by molar-refractivity contribution is -0.153. The molecule has 1 aliphatic heterocycles. The number of benzene rings is 1. The van der Waals surface area contributed by atoms with Gasteiger partial charge >= 0.3 is 18.2 Å². The first-order chi connectivity index (χ1) is 14.4. The fourth-order valence-corrected chi connectivity index (χ4v) is 2.95. The molecule has 1 amide bonds. The highest BCUT2D eigenvalue weighted by atomic mass is 19.4. The van der Waals surface area contributed by atoms with Crippen LogP contribution < -0.4 is 9.47 Å². The first kappa shape index (κ1) is 24.6. The van der Waals surface area contributed by atoms with E-state index in [1.807, 2.05) is 0 Å². The van der Waals surface area contributed by atoms with Crippen LogP contribution in [0, 0.1) is 0 Å². The molecule has 0 unspecified atom stereocenters. The second-order valence-corrected chi connectivity index (χ2v) is 8.21. The van der Waals surface area contributed by atoms with E-state index in [4.69, 9.17) is 14.2 Å². The minimum absolute atomic E-state index is 0.0913. The number of amides is 1. The van der Waals surface area contributed by atoms with E-state index in [2.05, 4.69) is 4.74 Å². The summed E-state index contributed by atoms with van der Waals surface area (Å²) in [5, 5.41) is 0. The van der Waals surface area contributed by atoms with Crippen molar-refractivity contribution >= 4 is 12.1 Å². The molecular weight excluding hydrogens is 419 g/mol. The normalized spacial score (nSPS) is 15.4. The van der Waals surface area contributed by atoms with E-state index in [9.17, 15) is 22.8 Å². The lowest BCUT2D eigenvalue weighted by Crippen LogP contribution is -2.44. The maximum atomic E-state index is 12.6. The van der Waals surface area contributed by atoms with Crippen LogP contribution in [0.1, 0.15) is 39.2 Å². The van der Waals surface area contributed by atoms with Crippen molar-refractivity contribution < 1.29 is 41.7 Å². The summed E-state index contributed by atoms with van der Waals surface area (Å²) in [4.78, 5) is 25.3. The number of rotatable bonds is 6. The number of carbonyl (C=O) groups excluding carboxylic acids is 2. The molecule has 10 heteroatoms. The number of likely N-dealkylation sites (tertiary alicyclic amines) is 1. The van der Waals surface area contributed by atoms with Crippen LogP contribution in [-0.2, 0) is 20.7 Å². The van der Waals surface area contributed by atoms with Gasteiger partial charge in [-0.05, 0) is 26.8 Å². The Bertz CT molecular complexity index is 767. The molecule has 1 aliphatic rings. The van der Waals surface area contributed by atoms with Gasteiger partial charge < -0.3 is 23.8 Å². The summed E-state index contributed by atoms with van der Waals surface area (Å²) in [6.07, 6.45) is -4.27. The third-order valence-electron chi connectivity index (χ3n) is 4.39. The van der Waals surface area contributed by atoms with Gasteiger partial charge in [-0.3, -0.25) is 4.79 Å². The number of ether oxygens (including phenoxy) is 4. The van der Waals surface area contributed by atoms with Crippen LogP contribution in [0.15, 0.2) is 18.2 Å². The van der Waals surface area contributed by atoms with Crippen LogP contribution in [-0.4, -0.2) is 61.6 Å². The van der Waals surface area contributed by atoms with E-state index < -0.39 is 24.4 Å². The van der Waals surface area contributed by atoms with Crippen LogP contribution >= 0.6 is 0 Å². The number of hydrogen-bond acceptors (Lipinski definition) is 6. The summed E-state index contributed by atoms with van der Waals surface area (Å²) in [5.41, 5.74) is -0.313. The maximum Gasteiger partial charge on any atom is 0.422 e. The largest absolute Gasteiger partial charge is 0.490 e. The summed E-state index contributed by atoms with van der Waals surface area (Å²) in [6, 6.07) is 4.39. The van der Waals surface area contributed by atoms with Gasteiger partial charge in [0.1, 0.15) is 23.2 Å². The number of piperidine rings is 1. The molecule has 0 radical (unpaired) electrons. The predicted octanol–water partition coefficient (Wildman–Crippen LogP) is 4.12. The molecular formula is C21H28F3NO6. The van der Waals surface area contributed by atoms with E-state index in [1.54, 1.807) is 31.7 Å². The molecule has 2 rings (SSSR count). The number of alkyl halides is 3. The molecule has 0 bridgehead atoms. The summed E-state index contributed by atoms with van der Waals surface area (Å²) in [7, 11) is 1.19. The highest BCUT2D eigenvalue weighted by molar-refractivity contribution is 5.73. The Morgan fingerprint density at radius 3 is 2.32 bits per heavy atom. The monoisotopic (exact) mass is 447 g/mol. The van der Waals surface area contributed by atoms with Crippen molar-refractivity contribution in [2.24, 2.45) is 0 Å². The molecule has 31 heavy (non-hydrogen) atoms. The number of methoxy groups -OCH3 is 1. The van der Waals surface area contributed by atoms with Crippen LogP contribution in [0.4, 0.5) is 18.0 Å². The van der Waals surface area contributed by atoms with E-state index in [0.29, 0.717) is 31.7 Å². The molecule has 1 fully saturated rings. The molecule has 0 aliphatic carbocycles. The SMILES string of the molecule is COC(=O)Cc1ccc(OC2CCN(C(=O)OC(C)(C)C)CC2)cc1OCC(F)(F)F. The van der Waals surface area contributed by atoms with Gasteiger partial charge in [-0.1, -0.05) is 6.07 Å². The summed E-state index contributed by atoms with van der Waals surface area (Å²) in [6.45, 7) is 4.78. The van der Waals surface area contributed by atoms with Gasteiger partial charge in [-0.2, -0.15) is 13.2 Å². The quantitative estimate of drug-likeness (QED) is 0.611. The average molecular weight is 447 g/mol. The highest BCUT2D eigenvalue weighted by Gasteiger charge is 2.30. The fraction of sp³-hybridized carbons (Fsp3) is 0.619. The van der Waals surface area contributed by atoms with Crippen molar-refractivity contribution in [2.45, 2.75) is 57.9 Å². The van der Waals surface area contributed by atoms with Crippen LogP contribution in [0.25, 0.3) is 0 Å². The summed E-state index contributed by atoms with van der Waals surface area (Å²) < 4.78 is 58.5. The Hall–Kier alpha value is -2.65. The summed E-state index contributed by atoms with van der Waals surface area (Å²) in [5.74, 6) is -0.368. The number of carbonyl (C=O) groups is 2. The second-order valence-electron chi connectivity index (χ2n) is 8.21. The van der Waals surface area contributed by atoms with Gasteiger partial charge in [-0.25, -0.2) is 4.79 Å². The van der Waals surface area contributed by atoms with Crippen molar-refractivity contribution in [2.75, 3.05) is 26.8 Å². The third-order valence-corrected chi connectivity index (χ3v) is 4.39. The molecule has 0 atom stereocenters. The molecule has 1 heterocycles. The van der Waals surface area contributed by atoms with Crippen molar-refractivity contribution in [3.05, 3.63) is 23.8 Å². The highest BCUT2D eigenvalue weighted by Crippen LogP contribution is 2.29. The zero-order chi connectivity index (χ0) is 23.2. The van der Waals surface area contributed by atoms with E-state index in [0.717, 1.165) is 0 Å². The molecule has 7 nitrogen and oxygen atoms in total. The van der Waals surface area contributed by atoms with E-state index in [-0.39, 0.29) is 29.9 Å². The molecule has 1 aromatic rings. The smallest absolute Gasteiger partial charge is 0.422 e. The molecule has 1 saturated heterocycles. The van der Waals surface area contributed by atoms with Gasteiger partial charge in [0, 0.05) is 37.6 Å². The predicted molar refractivity (Wildman–Crippen MR) is 105 cm³/mol. The number of halogens is 3. The molecule has 174 valence electrons. The molecule has 1 aromatic carbocycles. The van der Waals surface area contributed by atoms with E-state index in [1.165, 1.54) is 19.2 Å². The Morgan fingerprint density at radius 1 is 1.13 bits per heavy atom.